The van der Waals surface area contributed by atoms with E-state index in [0.717, 1.165) is 0 Å². The number of nitrogens with zero attached hydrogens (tertiary/aromatic N) is 1. The van der Waals surface area contributed by atoms with Crippen molar-refractivity contribution in [3.63, 3.8) is 0 Å². The first kappa shape index (κ1) is 13.7. The largest absolute Gasteiger partial charge is 0.311 e. The van der Waals surface area contributed by atoms with Gasteiger partial charge in [0.15, 0.2) is 0 Å². The molecule has 98 valence electrons. The summed E-state index contributed by atoms with van der Waals surface area (Å²) < 4.78 is 27.1. The number of benzene rings is 2. The minimum atomic E-state index is -0.603. The van der Waals surface area contributed by atoms with Crippen LogP contribution in [0.5, 0.6) is 0 Å². The Morgan fingerprint density at radius 2 is 1.74 bits per heavy atom. The molecule has 0 aliphatic rings. The lowest BCUT2D eigenvalue weighted by molar-refractivity contribution is 0.0989. The molecule has 0 heterocycles. The second-order valence-corrected chi connectivity index (χ2v) is 4.88. The predicted molar refractivity (Wildman–Crippen MR) is 73.2 cm³/mol. The smallest absolute Gasteiger partial charge is 0.260 e. The molecule has 0 aromatic heterocycles. The van der Waals surface area contributed by atoms with Gasteiger partial charge in [0.25, 0.3) is 5.91 Å². The lowest BCUT2D eigenvalue weighted by atomic mass is 10.1. The first-order chi connectivity index (χ1) is 8.99. The van der Waals surface area contributed by atoms with Crippen molar-refractivity contribution >= 4 is 27.5 Å². The van der Waals surface area contributed by atoms with Gasteiger partial charge in [0.05, 0.1) is 5.56 Å². The maximum Gasteiger partial charge on any atom is 0.260 e. The van der Waals surface area contributed by atoms with E-state index in [4.69, 9.17) is 0 Å². The Morgan fingerprint density at radius 1 is 1.11 bits per heavy atom. The summed E-state index contributed by atoms with van der Waals surface area (Å²) in [4.78, 5) is 13.4. The number of hydrogen-bond acceptors (Lipinski definition) is 1. The molecule has 0 aliphatic carbocycles. The number of halogens is 3. The molecule has 5 heteroatoms. The van der Waals surface area contributed by atoms with Gasteiger partial charge in [-0.25, -0.2) is 8.78 Å². The molecule has 19 heavy (non-hydrogen) atoms. The zero-order valence-electron chi connectivity index (χ0n) is 10.0. The zero-order chi connectivity index (χ0) is 14.0. The van der Waals surface area contributed by atoms with Crippen molar-refractivity contribution < 1.29 is 13.6 Å². The minimum absolute atomic E-state index is 0.0324. The summed E-state index contributed by atoms with van der Waals surface area (Å²) in [5, 5.41) is 0. The van der Waals surface area contributed by atoms with Crippen molar-refractivity contribution in [1.29, 1.82) is 0 Å². The number of carbonyl (C=O) groups excluding carboxylic acids is 1. The van der Waals surface area contributed by atoms with Crippen molar-refractivity contribution in [2.24, 2.45) is 0 Å². The quantitative estimate of drug-likeness (QED) is 0.817. The Morgan fingerprint density at radius 3 is 2.32 bits per heavy atom. The highest BCUT2D eigenvalue weighted by Gasteiger charge is 2.17. The molecule has 0 atom stereocenters. The van der Waals surface area contributed by atoms with Crippen LogP contribution in [0, 0.1) is 11.6 Å². The monoisotopic (exact) mass is 325 g/mol. The van der Waals surface area contributed by atoms with Crippen LogP contribution < -0.4 is 4.90 Å². The third-order valence-electron chi connectivity index (χ3n) is 2.68. The average molecular weight is 326 g/mol. The summed E-state index contributed by atoms with van der Waals surface area (Å²) in [6.45, 7) is 0. The van der Waals surface area contributed by atoms with Gasteiger partial charge in [-0.2, -0.15) is 0 Å². The number of amides is 1. The molecule has 2 aromatic rings. The lowest BCUT2D eigenvalue weighted by Gasteiger charge is -2.17. The second-order valence-electron chi connectivity index (χ2n) is 3.96. The van der Waals surface area contributed by atoms with Crippen molar-refractivity contribution in [3.05, 3.63) is 64.1 Å². The van der Waals surface area contributed by atoms with Crippen LogP contribution in [-0.4, -0.2) is 13.0 Å². The first-order valence-corrected chi connectivity index (χ1v) is 6.27. The molecule has 2 nitrogen and oxygen atoms in total. The fraction of sp³-hybridized carbons (Fsp3) is 0.0714. The summed E-state index contributed by atoms with van der Waals surface area (Å²) in [6.07, 6.45) is 0. The molecule has 0 unspecified atom stereocenters. The molecular weight excluding hydrogens is 316 g/mol. The summed E-state index contributed by atoms with van der Waals surface area (Å²) in [7, 11) is 1.51. The van der Waals surface area contributed by atoms with Crippen LogP contribution in [0.2, 0.25) is 0 Å². The van der Waals surface area contributed by atoms with Crippen LogP contribution in [0.4, 0.5) is 14.5 Å². The van der Waals surface area contributed by atoms with E-state index < -0.39 is 11.7 Å². The van der Waals surface area contributed by atoms with Crippen LogP contribution in [0.15, 0.2) is 46.9 Å². The molecule has 0 saturated carbocycles. The third kappa shape index (κ3) is 2.98. The fourth-order valence-corrected chi connectivity index (χ4v) is 1.96. The molecule has 0 bridgehead atoms. The summed E-state index contributed by atoms with van der Waals surface area (Å²) in [6, 6.07) is 9.64. The second kappa shape index (κ2) is 5.48. The van der Waals surface area contributed by atoms with Crippen LogP contribution >= 0.6 is 15.9 Å². The van der Waals surface area contributed by atoms with E-state index in [1.807, 2.05) is 0 Å². The summed E-state index contributed by atoms with van der Waals surface area (Å²) in [5.41, 5.74) is 0.462. The Labute approximate surface area is 117 Å². The molecule has 2 rings (SSSR count). The molecule has 0 N–H and O–H groups in total. The standard InChI is InChI=1S/C14H10BrF2NO/c1-18(11-5-3-10(16)4-6-11)14(19)12-7-2-9(15)8-13(12)17/h2-8H,1H3. The Bertz CT molecular complexity index is 613. The van der Waals surface area contributed by atoms with E-state index in [1.165, 1.54) is 48.3 Å². The highest BCUT2D eigenvalue weighted by atomic mass is 79.9. The van der Waals surface area contributed by atoms with Gasteiger partial charge in [-0.05, 0) is 42.5 Å². The van der Waals surface area contributed by atoms with Crippen LogP contribution in [0.3, 0.4) is 0 Å². The van der Waals surface area contributed by atoms with E-state index in [0.29, 0.717) is 10.2 Å². The molecule has 2 aromatic carbocycles. The van der Waals surface area contributed by atoms with E-state index in [1.54, 1.807) is 6.07 Å². The molecule has 1 amide bonds. The maximum absolute atomic E-state index is 13.7. The summed E-state index contributed by atoms with van der Waals surface area (Å²) >= 11 is 3.13. The minimum Gasteiger partial charge on any atom is -0.311 e. The molecule has 0 fully saturated rings. The zero-order valence-corrected chi connectivity index (χ0v) is 11.6. The molecule has 0 saturated heterocycles. The van der Waals surface area contributed by atoms with E-state index in [2.05, 4.69) is 15.9 Å². The fourth-order valence-electron chi connectivity index (χ4n) is 1.63. The number of rotatable bonds is 2. The van der Waals surface area contributed by atoms with Gasteiger partial charge in [0, 0.05) is 17.2 Å². The first-order valence-electron chi connectivity index (χ1n) is 5.47. The van der Waals surface area contributed by atoms with Gasteiger partial charge in [-0.15, -0.1) is 0 Å². The SMILES string of the molecule is CN(C(=O)c1ccc(Br)cc1F)c1ccc(F)cc1. The van der Waals surface area contributed by atoms with Gasteiger partial charge in [-0.3, -0.25) is 4.79 Å². The van der Waals surface area contributed by atoms with E-state index >= 15 is 0 Å². The van der Waals surface area contributed by atoms with Crippen molar-refractivity contribution in [3.8, 4) is 0 Å². The molecule has 0 aliphatic heterocycles. The van der Waals surface area contributed by atoms with E-state index in [9.17, 15) is 13.6 Å². The van der Waals surface area contributed by atoms with Gasteiger partial charge in [-0.1, -0.05) is 15.9 Å². The third-order valence-corrected chi connectivity index (χ3v) is 3.17. The maximum atomic E-state index is 13.7. The van der Waals surface area contributed by atoms with Gasteiger partial charge in [0.1, 0.15) is 11.6 Å². The summed E-state index contributed by atoms with van der Waals surface area (Å²) in [5.74, 6) is -1.48. The lowest BCUT2D eigenvalue weighted by Crippen LogP contribution is -2.27. The molecular formula is C14H10BrF2NO. The Kier molecular flexibility index (Phi) is 3.95. The Balaban J connectivity index is 2.30. The normalized spacial score (nSPS) is 10.3. The van der Waals surface area contributed by atoms with Crippen LogP contribution in [0.1, 0.15) is 10.4 Å². The van der Waals surface area contributed by atoms with Crippen LogP contribution in [-0.2, 0) is 0 Å². The van der Waals surface area contributed by atoms with Crippen molar-refractivity contribution in [2.75, 3.05) is 11.9 Å². The molecule has 0 spiro atoms. The van der Waals surface area contributed by atoms with Crippen molar-refractivity contribution in [2.45, 2.75) is 0 Å². The average Bonchev–Trinajstić information content (AvgIpc) is 2.38. The molecule has 0 radical (unpaired) electrons. The van der Waals surface area contributed by atoms with Crippen LogP contribution in [0.25, 0.3) is 0 Å². The van der Waals surface area contributed by atoms with Gasteiger partial charge < -0.3 is 4.90 Å². The van der Waals surface area contributed by atoms with E-state index in [-0.39, 0.29) is 11.4 Å². The highest BCUT2D eigenvalue weighted by molar-refractivity contribution is 9.10. The number of anilines is 1. The number of hydrogen-bond donors (Lipinski definition) is 0. The topological polar surface area (TPSA) is 20.3 Å². The van der Waals surface area contributed by atoms with Crippen molar-refractivity contribution in [1.82, 2.24) is 0 Å². The highest BCUT2D eigenvalue weighted by Crippen LogP contribution is 2.20. The predicted octanol–water partition coefficient (Wildman–Crippen LogP) is 4.00. The van der Waals surface area contributed by atoms with Gasteiger partial charge in [0.2, 0.25) is 0 Å². The number of carbonyl (C=O) groups is 1. The van der Waals surface area contributed by atoms with Gasteiger partial charge >= 0.3 is 0 Å². The Hall–Kier alpha value is -1.75.